The van der Waals surface area contributed by atoms with Crippen LogP contribution in [0, 0.1) is 0 Å². The van der Waals surface area contributed by atoms with Crippen LogP contribution < -0.4 is 0 Å². The van der Waals surface area contributed by atoms with Crippen molar-refractivity contribution in [3.63, 3.8) is 0 Å². The topological polar surface area (TPSA) is 77.3 Å². The molecule has 0 fully saturated rings. The molecule has 0 aliphatic carbocycles. The molecule has 6 nitrogen and oxygen atoms in total. The summed E-state index contributed by atoms with van der Waals surface area (Å²) < 4.78 is 0. The van der Waals surface area contributed by atoms with Gasteiger partial charge in [-0.15, -0.1) is 0 Å². The van der Waals surface area contributed by atoms with Crippen LogP contribution >= 0.6 is 0 Å². The third-order valence-corrected chi connectivity index (χ3v) is 9.18. The van der Waals surface area contributed by atoms with Gasteiger partial charge in [-0.3, -0.25) is 0 Å². The summed E-state index contributed by atoms with van der Waals surface area (Å²) in [5, 5.41) is 4.82. The van der Waals surface area contributed by atoms with Gasteiger partial charge in [0.05, 0.1) is 0 Å². The second-order valence-electron chi connectivity index (χ2n) is 12.1. The molecule has 0 unspecified atom stereocenters. The van der Waals surface area contributed by atoms with E-state index in [0.717, 1.165) is 33.4 Å². The van der Waals surface area contributed by atoms with Crippen LogP contribution in [0.25, 0.3) is 88.8 Å². The zero-order valence-electron chi connectivity index (χ0n) is 26.8. The first-order valence-electron chi connectivity index (χ1n) is 16.4. The maximum atomic E-state index is 4.32. The van der Waals surface area contributed by atoms with Gasteiger partial charge in [-0.25, -0.2) is 29.9 Å². The SMILES string of the molecule is c1ccc(-c2c3ccc(-c4ccc(-c5ncncn5)cc4)cc3c(-c3ccccc3)c3ccc(-c4ccc(-c5ncncn5)cc4)cc23)cc1. The number of hydrogen-bond donors (Lipinski definition) is 0. The third kappa shape index (κ3) is 5.35. The summed E-state index contributed by atoms with van der Waals surface area (Å²) in [6.45, 7) is 0. The molecule has 0 saturated heterocycles. The molecule has 2 heterocycles. The Bertz CT molecular complexity index is 2410. The zero-order valence-corrected chi connectivity index (χ0v) is 26.8. The minimum absolute atomic E-state index is 0.661. The normalized spacial score (nSPS) is 11.2. The maximum absolute atomic E-state index is 4.32. The van der Waals surface area contributed by atoms with Crippen LogP contribution in [0.2, 0.25) is 0 Å². The molecule has 0 saturated carbocycles. The van der Waals surface area contributed by atoms with Crippen molar-refractivity contribution in [1.29, 1.82) is 0 Å². The van der Waals surface area contributed by atoms with Gasteiger partial charge < -0.3 is 0 Å². The number of hydrogen-bond acceptors (Lipinski definition) is 6. The van der Waals surface area contributed by atoms with Gasteiger partial charge in [-0.2, -0.15) is 0 Å². The standard InChI is InChI=1S/C44H28N6/c1-3-7-31(8-4-1)41-37-21-19-36(30-13-17-34(18-14-30)44-49-27-46-28-50-44)24-40(37)42(32-9-5-2-6-10-32)38-22-20-35(23-39(38)41)29-11-15-33(16-12-29)43-47-25-45-26-48-43/h1-28H. The van der Waals surface area contributed by atoms with Crippen molar-refractivity contribution >= 4 is 21.5 Å². The highest BCUT2D eigenvalue weighted by Gasteiger charge is 2.18. The van der Waals surface area contributed by atoms with Crippen molar-refractivity contribution in [3.05, 3.63) is 171 Å². The minimum atomic E-state index is 0.661. The van der Waals surface area contributed by atoms with E-state index in [1.54, 1.807) is 0 Å². The van der Waals surface area contributed by atoms with E-state index in [1.807, 2.05) is 0 Å². The molecule has 0 atom stereocenters. The van der Waals surface area contributed by atoms with E-state index in [0.29, 0.717) is 11.6 Å². The fraction of sp³-hybridized carbons (Fsp3) is 0. The number of rotatable bonds is 6. The highest BCUT2D eigenvalue weighted by molar-refractivity contribution is 6.22. The summed E-state index contributed by atoms with van der Waals surface area (Å²) in [5.74, 6) is 1.32. The molecule has 6 heteroatoms. The van der Waals surface area contributed by atoms with Crippen molar-refractivity contribution in [1.82, 2.24) is 29.9 Å². The molecule has 2 aromatic heterocycles. The van der Waals surface area contributed by atoms with Gasteiger partial charge in [-0.1, -0.05) is 133 Å². The number of aromatic nitrogens is 6. The van der Waals surface area contributed by atoms with E-state index in [9.17, 15) is 0 Å². The molecule has 0 aliphatic heterocycles. The molecular weight excluding hydrogens is 613 g/mol. The van der Waals surface area contributed by atoms with E-state index in [2.05, 4.69) is 175 Å². The molecule has 0 amide bonds. The summed E-state index contributed by atoms with van der Waals surface area (Å²) in [7, 11) is 0. The Hall–Kier alpha value is -6.92. The average Bonchev–Trinajstić information content (AvgIpc) is 3.21. The molecule has 0 spiro atoms. The quantitative estimate of drug-likeness (QED) is 0.168. The van der Waals surface area contributed by atoms with Crippen molar-refractivity contribution in [2.75, 3.05) is 0 Å². The fourth-order valence-electron chi connectivity index (χ4n) is 6.82. The Labute approximate surface area is 288 Å². The average molecular weight is 641 g/mol. The number of nitrogens with zero attached hydrogens (tertiary/aromatic N) is 6. The Balaban J connectivity index is 1.26. The van der Waals surface area contributed by atoms with Crippen LogP contribution in [-0.4, -0.2) is 29.9 Å². The van der Waals surface area contributed by atoms with Crippen LogP contribution in [0.5, 0.6) is 0 Å². The Morgan fingerprint density at radius 3 is 0.980 bits per heavy atom. The number of benzene rings is 7. The summed E-state index contributed by atoms with van der Waals surface area (Å²) in [5.41, 5.74) is 11.2. The molecule has 234 valence electrons. The maximum Gasteiger partial charge on any atom is 0.162 e. The van der Waals surface area contributed by atoms with Gasteiger partial charge in [0.1, 0.15) is 25.3 Å². The lowest BCUT2D eigenvalue weighted by atomic mass is 9.84. The molecule has 0 N–H and O–H groups in total. The van der Waals surface area contributed by atoms with Crippen LogP contribution in [0.1, 0.15) is 0 Å². The second kappa shape index (κ2) is 12.6. The van der Waals surface area contributed by atoms with Gasteiger partial charge in [0, 0.05) is 11.1 Å². The molecule has 7 aromatic carbocycles. The summed E-state index contributed by atoms with van der Waals surface area (Å²) in [6.07, 6.45) is 6.10. The summed E-state index contributed by atoms with van der Waals surface area (Å²) >= 11 is 0. The highest BCUT2D eigenvalue weighted by atomic mass is 15.0. The first kappa shape index (κ1) is 29.2. The van der Waals surface area contributed by atoms with Crippen LogP contribution in [0.15, 0.2) is 171 Å². The molecule has 0 radical (unpaired) electrons. The second-order valence-corrected chi connectivity index (χ2v) is 12.1. The van der Waals surface area contributed by atoms with Crippen molar-refractivity contribution < 1.29 is 0 Å². The van der Waals surface area contributed by atoms with Crippen LogP contribution in [0.3, 0.4) is 0 Å². The molecular formula is C44H28N6. The first-order chi connectivity index (χ1) is 24.8. The van der Waals surface area contributed by atoms with E-state index in [-0.39, 0.29) is 0 Å². The third-order valence-electron chi connectivity index (χ3n) is 9.18. The molecule has 0 bridgehead atoms. The zero-order chi connectivity index (χ0) is 33.3. The highest BCUT2D eigenvalue weighted by Crippen LogP contribution is 2.46. The van der Waals surface area contributed by atoms with Gasteiger partial charge >= 0.3 is 0 Å². The van der Waals surface area contributed by atoms with Gasteiger partial charge in [0.15, 0.2) is 11.6 Å². The lowest BCUT2D eigenvalue weighted by molar-refractivity contribution is 1.06. The van der Waals surface area contributed by atoms with Gasteiger partial charge in [-0.05, 0) is 78.2 Å². The largest absolute Gasteiger partial charge is 0.225 e. The van der Waals surface area contributed by atoms with E-state index < -0.39 is 0 Å². The van der Waals surface area contributed by atoms with Crippen LogP contribution in [-0.2, 0) is 0 Å². The minimum Gasteiger partial charge on any atom is -0.225 e. The monoisotopic (exact) mass is 640 g/mol. The molecule has 50 heavy (non-hydrogen) atoms. The molecule has 9 aromatic rings. The van der Waals surface area contributed by atoms with Crippen molar-refractivity contribution in [2.45, 2.75) is 0 Å². The summed E-state index contributed by atoms with van der Waals surface area (Å²) in [4.78, 5) is 25.2. The Kier molecular flexibility index (Phi) is 7.37. The smallest absolute Gasteiger partial charge is 0.162 e. The predicted octanol–water partition coefficient (Wildman–Crippen LogP) is 10.4. The van der Waals surface area contributed by atoms with Crippen molar-refractivity contribution in [2.24, 2.45) is 0 Å². The van der Waals surface area contributed by atoms with Gasteiger partial charge in [0.25, 0.3) is 0 Å². The van der Waals surface area contributed by atoms with E-state index in [1.165, 1.54) is 69.1 Å². The first-order valence-corrected chi connectivity index (χ1v) is 16.4. The Morgan fingerprint density at radius 1 is 0.260 bits per heavy atom. The van der Waals surface area contributed by atoms with E-state index in [4.69, 9.17) is 0 Å². The summed E-state index contributed by atoms with van der Waals surface area (Å²) in [6, 6.07) is 52.0. The lowest BCUT2D eigenvalue weighted by Gasteiger charge is -2.19. The molecule has 9 rings (SSSR count). The van der Waals surface area contributed by atoms with Crippen molar-refractivity contribution in [3.8, 4) is 67.3 Å². The Morgan fingerprint density at radius 2 is 0.600 bits per heavy atom. The lowest BCUT2D eigenvalue weighted by Crippen LogP contribution is -1.93. The molecule has 0 aliphatic rings. The van der Waals surface area contributed by atoms with Gasteiger partial charge in [0.2, 0.25) is 0 Å². The van der Waals surface area contributed by atoms with E-state index >= 15 is 0 Å². The van der Waals surface area contributed by atoms with Crippen LogP contribution in [0.4, 0.5) is 0 Å². The number of fused-ring (bicyclic) bond motifs is 2. The fourth-order valence-corrected chi connectivity index (χ4v) is 6.82. The predicted molar refractivity (Wildman–Crippen MR) is 201 cm³/mol.